The maximum Gasteiger partial charge on any atom is 0.407 e. The van der Waals surface area contributed by atoms with Crippen molar-refractivity contribution in [2.45, 2.75) is 44.9 Å². The molecule has 0 aliphatic carbocycles. The first-order valence-corrected chi connectivity index (χ1v) is 9.15. The molecular formula is C17H23BClN2O7. The highest BCUT2D eigenvalue weighted by Gasteiger charge is 2.46. The van der Waals surface area contributed by atoms with Crippen molar-refractivity contribution in [3.05, 3.63) is 32.8 Å². The Morgan fingerprint density at radius 2 is 2.11 bits per heavy atom. The summed E-state index contributed by atoms with van der Waals surface area (Å²) in [5.41, 5.74) is -0.0240. The number of rotatable bonds is 8. The van der Waals surface area contributed by atoms with E-state index in [4.69, 9.17) is 21.0 Å². The topological polar surface area (TPSA) is 122 Å². The van der Waals surface area contributed by atoms with Crippen LogP contribution in [0, 0.1) is 10.1 Å². The van der Waals surface area contributed by atoms with Crippen LogP contribution in [-0.2, 0) is 10.4 Å². The number of ether oxygens (including phenoxy) is 1. The van der Waals surface area contributed by atoms with E-state index in [-0.39, 0.29) is 10.6 Å². The molecule has 1 amide bonds. The maximum absolute atomic E-state index is 11.3. The van der Waals surface area contributed by atoms with Crippen LogP contribution in [-0.4, -0.2) is 58.8 Å². The summed E-state index contributed by atoms with van der Waals surface area (Å²) in [6.45, 7) is 5.31. The zero-order valence-electron chi connectivity index (χ0n) is 16.0. The Balaban J connectivity index is 1.98. The van der Waals surface area contributed by atoms with Gasteiger partial charge in [0, 0.05) is 27.6 Å². The number of halogens is 1. The van der Waals surface area contributed by atoms with Crippen molar-refractivity contribution in [3.63, 3.8) is 0 Å². The number of amides is 1. The summed E-state index contributed by atoms with van der Waals surface area (Å²) in [6.07, 6.45) is 0.225. The van der Waals surface area contributed by atoms with Crippen LogP contribution in [0.5, 0.6) is 5.75 Å². The van der Waals surface area contributed by atoms with Crippen molar-refractivity contribution in [2.24, 2.45) is 0 Å². The molecule has 1 unspecified atom stereocenters. The van der Waals surface area contributed by atoms with Crippen LogP contribution in [0.1, 0.15) is 39.2 Å². The number of nitro groups is 1. The van der Waals surface area contributed by atoms with Crippen LogP contribution in [0.15, 0.2) is 12.1 Å². The molecule has 2 rings (SSSR count). The predicted molar refractivity (Wildman–Crippen MR) is 103 cm³/mol. The summed E-state index contributed by atoms with van der Waals surface area (Å²) >= 11 is 6.10. The van der Waals surface area contributed by atoms with Crippen LogP contribution in [0.4, 0.5) is 4.79 Å². The number of aliphatic hydroxyl groups is 1. The Hall–Kier alpha value is -2.04. The van der Waals surface area contributed by atoms with Crippen molar-refractivity contribution in [1.82, 2.24) is 4.90 Å². The number of unbranched alkanes of at least 4 members (excludes halogenated alkanes) is 1. The number of hydrogen-bond donors (Lipinski definition) is 2. The highest BCUT2D eigenvalue weighted by Crippen LogP contribution is 2.35. The minimum atomic E-state index is -2.13. The SMILES string of the molecule is CC(C)(C)N(CCCCOc1ccc(Cl)c2c1[B]OC2(O)C[N+](=O)[O-])C(=O)O. The van der Waals surface area contributed by atoms with Crippen molar-refractivity contribution in [1.29, 1.82) is 0 Å². The van der Waals surface area contributed by atoms with Crippen LogP contribution < -0.4 is 10.2 Å². The van der Waals surface area contributed by atoms with Gasteiger partial charge in [0.2, 0.25) is 5.79 Å². The lowest BCUT2D eigenvalue weighted by atomic mass is 9.85. The number of hydrogen-bond acceptors (Lipinski definition) is 6. The molecule has 0 saturated carbocycles. The molecule has 0 spiro atoms. The third kappa shape index (κ3) is 5.06. The minimum Gasteiger partial charge on any atom is -0.494 e. The summed E-state index contributed by atoms with van der Waals surface area (Å²) in [5.74, 6) is -1.76. The van der Waals surface area contributed by atoms with Gasteiger partial charge in [-0.05, 0) is 51.2 Å². The lowest BCUT2D eigenvalue weighted by Gasteiger charge is -2.33. The molecule has 1 heterocycles. The van der Waals surface area contributed by atoms with E-state index in [2.05, 4.69) is 0 Å². The van der Waals surface area contributed by atoms with E-state index in [0.717, 1.165) is 0 Å². The number of nitrogens with zero attached hydrogens (tertiary/aromatic N) is 2. The van der Waals surface area contributed by atoms with Gasteiger partial charge in [0.05, 0.1) is 6.61 Å². The van der Waals surface area contributed by atoms with E-state index in [9.17, 15) is 25.1 Å². The fraction of sp³-hybridized carbons (Fsp3) is 0.588. The summed E-state index contributed by atoms with van der Waals surface area (Å²) in [6, 6.07) is 3.08. The molecule has 2 N–H and O–H groups in total. The van der Waals surface area contributed by atoms with Crippen LogP contribution in [0.2, 0.25) is 5.02 Å². The largest absolute Gasteiger partial charge is 0.494 e. The molecule has 1 atom stereocenters. The molecule has 1 aliphatic rings. The van der Waals surface area contributed by atoms with Gasteiger partial charge < -0.3 is 24.5 Å². The van der Waals surface area contributed by atoms with E-state index >= 15 is 0 Å². The third-order valence-corrected chi connectivity index (χ3v) is 4.65. The average molecular weight is 414 g/mol. The molecule has 0 fully saturated rings. The Bertz CT molecular complexity index is 756. The molecule has 1 radical (unpaired) electrons. The van der Waals surface area contributed by atoms with Gasteiger partial charge >= 0.3 is 13.6 Å². The van der Waals surface area contributed by atoms with Gasteiger partial charge in [0.1, 0.15) is 5.75 Å². The number of benzene rings is 1. The van der Waals surface area contributed by atoms with Crippen LogP contribution in [0.3, 0.4) is 0 Å². The summed E-state index contributed by atoms with van der Waals surface area (Å²) in [4.78, 5) is 22.8. The lowest BCUT2D eigenvalue weighted by molar-refractivity contribution is -0.517. The first-order chi connectivity index (χ1) is 13.0. The molecule has 1 aliphatic heterocycles. The van der Waals surface area contributed by atoms with E-state index < -0.39 is 28.9 Å². The highest BCUT2D eigenvalue weighted by atomic mass is 35.5. The van der Waals surface area contributed by atoms with Crippen LogP contribution in [0.25, 0.3) is 0 Å². The summed E-state index contributed by atoms with van der Waals surface area (Å²) in [7, 11) is 1.20. The fourth-order valence-electron chi connectivity index (χ4n) is 2.99. The second-order valence-electron chi connectivity index (χ2n) is 7.51. The number of carbonyl (C=O) groups is 1. The van der Waals surface area contributed by atoms with Gasteiger partial charge in [0.15, 0.2) is 0 Å². The van der Waals surface area contributed by atoms with Crippen molar-refractivity contribution in [3.8, 4) is 5.75 Å². The monoisotopic (exact) mass is 413 g/mol. The summed E-state index contributed by atoms with van der Waals surface area (Å²) < 4.78 is 10.8. The molecule has 1 aromatic rings. The molecule has 11 heteroatoms. The second-order valence-corrected chi connectivity index (χ2v) is 7.91. The quantitative estimate of drug-likeness (QED) is 0.289. The zero-order chi connectivity index (χ0) is 21.1. The fourth-order valence-corrected chi connectivity index (χ4v) is 3.30. The first kappa shape index (κ1) is 22.3. The average Bonchev–Trinajstić information content (AvgIpc) is 2.88. The van der Waals surface area contributed by atoms with Gasteiger partial charge in [-0.25, -0.2) is 4.79 Å². The normalized spacial score (nSPS) is 18.3. The standard InChI is InChI=1S/C17H23BClN2O7/c1-16(2,3)20(15(22)23)8-4-5-9-27-12-7-6-11(19)13-14(12)18-28-17(13,24)10-21(25)26/h6-7,24H,4-5,8-10H2,1-3H3,(H,22,23). The smallest absolute Gasteiger partial charge is 0.407 e. The number of fused-ring (bicyclic) bond motifs is 1. The van der Waals surface area contributed by atoms with E-state index in [1.54, 1.807) is 6.07 Å². The summed E-state index contributed by atoms with van der Waals surface area (Å²) in [5, 5.41) is 30.7. The van der Waals surface area contributed by atoms with Gasteiger partial charge in [0.25, 0.3) is 6.54 Å². The van der Waals surface area contributed by atoms with Crippen molar-refractivity contribution >= 4 is 30.6 Å². The predicted octanol–water partition coefficient (Wildman–Crippen LogP) is 1.97. The third-order valence-electron chi connectivity index (χ3n) is 4.33. The van der Waals surface area contributed by atoms with Gasteiger partial charge in [-0.15, -0.1) is 0 Å². The van der Waals surface area contributed by atoms with Crippen LogP contribution >= 0.6 is 11.6 Å². The maximum atomic E-state index is 11.3. The molecule has 0 aromatic heterocycles. The van der Waals surface area contributed by atoms with E-state index in [1.165, 1.54) is 18.4 Å². The lowest BCUT2D eigenvalue weighted by Crippen LogP contribution is -2.45. The molecule has 1 aromatic carbocycles. The molecule has 28 heavy (non-hydrogen) atoms. The Labute approximate surface area is 168 Å². The van der Waals surface area contributed by atoms with Crippen molar-refractivity contribution in [2.75, 3.05) is 19.7 Å². The van der Waals surface area contributed by atoms with Crippen molar-refractivity contribution < 1.29 is 29.3 Å². The Kier molecular flexibility index (Phi) is 6.79. The van der Waals surface area contributed by atoms with Gasteiger partial charge in [-0.3, -0.25) is 10.1 Å². The minimum absolute atomic E-state index is 0.105. The van der Waals surface area contributed by atoms with E-state index in [0.29, 0.717) is 37.2 Å². The zero-order valence-corrected chi connectivity index (χ0v) is 16.7. The van der Waals surface area contributed by atoms with E-state index in [1.807, 2.05) is 20.8 Å². The highest BCUT2D eigenvalue weighted by molar-refractivity contribution is 6.52. The molecular weight excluding hydrogens is 390 g/mol. The molecule has 9 nitrogen and oxygen atoms in total. The second kappa shape index (κ2) is 8.54. The molecule has 153 valence electrons. The first-order valence-electron chi connectivity index (χ1n) is 8.77. The Morgan fingerprint density at radius 3 is 2.68 bits per heavy atom. The number of carboxylic acid groups (broad SMARTS) is 1. The molecule has 0 bridgehead atoms. The van der Waals surface area contributed by atoms with Gasteiger partial charge in [-0.2, -0.15) is 0 Å². The molecule has 0 saturated heterocycles. The Morgan fingerprint density at radius 1 is 1.43 bits per heavy atom. The van der Waals surface area contributed by atoms with Gasteiger partial charge in [-0.1, -0.05) is 11.6 Å².